The zero-order chi connectivity index (χ0) is 31.7. The maximum Gasteiger partial charge on any atom is 0.348 e. The molecule has 11 heteroatoms. The molecule has 1 saturated heterocycles. The Morgan fingerprint density at radius 1 is 0.933 bits per heavy atom. The van der Waals surface area contributed by atoms with Crippen LogP contribution in [-0.4, -0.2) is 67.8 Å². The Morgan fingerprint density at radius 2 is 1.62 bits per heavy atom. The summed E-state index contributed by atoms with van der Waals surface area (Å²) in [6.45, 7) is 6.42. The van der Waals surface area contributed by atoms with Gasteiger partial charge in [0.15, 0.2) is 5.82 Å². The van der Waals surface area contributed by atoms with Crippen LogP contribution in [0, 0.1) is 0 Å². The summed E-state index contributed by atoms with van der Waals surface area (Å²) in [4.78, 5) is 34.4. The average molecular weight is 608 g/mol. The minimum atomic E-state index is -0.443. The number of carbonyl (C=O) groups excluding carboxylic acids is 1. The number of amides is 1. The Kier molecular flexibility index (Phi) is 8.16. The zero-order valence-corrected chi connectivity index (χ0v) is 25.4. The maximum atomic E-state index is 13.2. The molecule has 0 aliphatic carbocycles. The van der Waals surface area contributed by atoms with Crippen LogP contribution in [0.1, 0.15) is 54.1 Å². The molecule has 0 bridgehead atoms. The van der Waals surface area contributed by atoms with Crippen molar-refractivity contribution in [3.8, 4) is 28.6 Å². The Labute approximate surface area is 261 Å². The van der Waals surface area contributed by atoms with Gasteiger partial charge in [0.1, 0.15) is 17.3 Å². The fourth-order valence-electron chi connectivity index (χ4n) is 5.86. The van der Waals surface area contributed by atoms with Crippen molar-refractivity contribution in [2.75, 3.05) is 31.1 Å². The number of carbonyl (C=O) groups is 1. The number of nitrogens with two attached hydrogens (primary N) is 1. The number of aromatic nitrogens is 3. The van der Waals surface area contributed by atoms with Gasteiger partial charge in [0, 0.05) is 55.6 Å². The lowest BCUT2D eigenvalue weighted by atomic mass is 9.98. The lowest BCUT2D eigenvalue weighted by Gasteiger charge is -2.36. The molecular formula is C34H37N7O4. The van der Waals surface area contributed by atoms with Gasteiger partial charge in [-0.15, -0.1) is 0 Å². The number of benzene rings is 3. The Bertz CT molecular complexity index is 1830. The lowest BCUT2D eigenvalue weighted by molar-refractivity contribution is 0.0746. The number of nitrogens with one attached hydrogen (secondary N) is 1. The Morgan fingerprint density at radius 3 is 2.27 bits per heavy atom. The molecule has 1 aromatic heterocycles. The van der Waals surface area contributed by atoms with Crippen molar-refractivity contribution in [1.82, 2.24) is 19.7 Å². The third-order valence-electron chi connectivity index (χ3n) is 8.42. The third-order valence-corrected chi connectivity index (χ3v) is 8.42. The number of aromatic amines is 1. The molecule has 1 amide bonds. The number of anilines is 1. The molecule has 0 spiro atoms. The molecule has 6 rings (SSSR count). The number of phenols is 2. The number of hydrogen-bond donors (Lipinski definition) is 4. The molecule has 0 radical (unpaired) electrons. The second-order valence-electron chi connectivity index (χ2n) is 11.8. The number of hydrogen-bond acceptors (Lipinski definition) is 8. The van der Waals surface area contributed by atoms with E-state index >= 15 is 0 Å². The minimum absolute atomic E-state index is 0.00490. The summed E-state index contributed by atoms with van der Waals surface area (Å²) in [6, 6.07) is 18.3. The first-order chi connectivity index (χ1) is 21.7. The number of aromatic hydroxyl groups is 2. The van der Waals surface area contributed by atoms with Crippen LogP contribution < -0.4 is 16.3 Å². The fourth-order valence-corrected chi connectivity index (χ4v) is 5.86. The number of nitrogens with zero attached hydrogens (tertiary/aromatic N) is 5. The van der Waals surface area contributed by atoms with Gasteiger partial charge >= 0.3 is 5.69 Å². The zero-order valence-electron chi connectivity index (χ0n) is 25.4. The van der Waals surface area contributed by atoms with E-state index < -0.39 is 5.69 Å². The van der Waals surface area contributed by atoms with Gasteiger partial charge in [0.2, 0.25) is 0 Å². The van der Waals surface area contributed by atoms with E-state index in [2.05, 4.69) is 26.2 Å². The van der Waals surface area contributed by atoms with Crippen molar-refractivity contribution in [3.63, 3.8) is 0 Å². The lowest BCUT2D eigenvalue weighted by Crippen LogP contribution is -2.48. The number of aliphatic imine (C=N–C) groups is 1. The van der Waals surface area contributed by atoms with Gasteiger partial charge < -0.3 is 25.7 Å². The van der Waals surface area contributed by atoms with Crippen LogP contribution in [0.5, 0.6) is 11.5 Å². The molecule has 3 aromatic carbocycles. The Hall–Kier alpha value is -5.32. The summed E-state index contributed by atoms with van der Waals surface area (Å²) in [5.41, 5.74) is 10.7. The normalized spacial score (nSPS) is 15.0. The predicted molar refractivity (Wildman–Crippen MR) is 174 cm³/mol. The highest BCUT2D eigenvalue weighted by Crippen LogP contribution is 2.37. The second-order valence-corrected chi connectivity index (χ2v) is 11.8. The summed E-state index contributed by atoms with van der Waals surface area (Å²) >= 11 is 0. The Balaban J connectivity index is 1.09. The first kappa shape index (κ1) is 29.7. The van der Waals surface area contributed by atoms with Crippen LogP contribution in [0.3, 0.4) is 0 Å². The third kappa shape index (κ3) is 6.19. The summed E-state index contributed by atoms with van der Waals surface area (Å²) in [7, 11) is 0. The highest BCUT2D eigenvalue weighted by atomic mass is 16.3. The predicted octanol–water partition coefficient (Wildman–Crippen LogP) is 4.30. The molecule has 232 valence electrons. The standard InChI is InChI=1S/C34H37N7O4/c1-21(2)27-19-28(30(43)20-29(27)42)32-37-38-34(45)41(32)26-12-10-25(11-13-26)39-15-17-40(18-16-39)33(44)23-6-3-22(4-7-23)5-8-24-9-14-31(35)36-24/h3-4,6-7,9-13,19-21,42-43H,5,8,14-18H2,1-2H3,(H2,35,36)(H,38,45). The van der Waals surface area contributed by atoms with E-state index in [0.29, 0.717) is 54.4 Å². The van der Waals surface area contributed by atoms with E-state index in [-0.39, 0.29) is 29.1 Å². The minimum Gasteiger partial charge on any atom is -0.508 e. The molecule has 2 aliphatic rings. The van der Waals surface area contributed by atoms with Gasteiger partial charge in [-0.05, 0) is 72.4 Å². The van der Waals surface area contributed by atoms with Crippen LogP contribution in [0.25, 0.3) is 17.1 Å². The maximum absolute atomic E-state index is 13.2. The molecule has 11 nitrogen and oxygen atoms in total. The van der Waals surface area contributed by atoms with Crippen LogP contribution in [-0.2, 0) is 6.42 Å². The van der Waals surface area contributed by atoms with Crippen molar-refractivity contribution in [1.29, 1.82) is 0 Å². The molecular weight excluding hydrogens is 570 g/mol. The van der Waals surface area contributed by atoms with Crippen molar-refractivity contribution in [2.24, 2.45) is 10.7 Å². The summed E-state index contributed by atoms with van der Waals surface area (Å²) < 4.78 is 1.40. The first-order valence-electron chi connectivity index (χ1n) is 15.2. The largest absolute Gasteiger partial charge is 0.508 e. The van der Waals surface area contributed by atoms with Gasteiger partial charge in [-0.3, -0.25) is 4.79 Å². The van der Waals surface area contributed by atoms with E-state index in [1.807, 2.05) is 67.3 Å². The van der Waals surface area contributed by atoms with Crippen LogP contribution in [0.4, 0.5) is 5.69 Å². The molecule has 0 saturated carbocycles. The molecule has 45 heavy (non-hydrogen) atoms. The van der Waals surface area contributed by atoms with Gasteiger partial charge in [0.05, 0.1) is 11.3 Å². The molecule has 1 fully saturated rings. The van der Waals surface area contributed by atoms with Crippen molar-refractivity contribution in [3.05, 3.63) is 99.6 Å². The summed E-state index contributed by atoms with van der Waals surface area (Å²) in [6.07, 6.45) is 4.47. The quantitative estimate of drug-likeness (QED) is 0.233. The number of H-pyrrole nitrogens is 1. The van der Waals surface area contributed by atoms with Crippen LogP contribution in [0.2, 0.25) is 0 Å². The summed E-state index contributed by atoms with van der Waals surface area (Å²) in [5.74, 6) is 0.762. The SMILES string of the molecule is CC(C)c1cc(-c2n[nH]c(=O)n2-c2ccc(N3CCN(C(=O)c4ccc(CCC5=CCC(N)=N5)cc4)CC3)cc2)c(O)cc1O. The number of amidine groups is 1. The number of phenolic OH excluding ortho intramolecular Hbond substituents is 2. The van der Waals surface area contributed by atoms with Crippen LogP contribution in [0.15, 0.2) is 82.2 Å². The monoisotopic (exact) mass is 607 g/mol. The van der Waals surface area contributed by atoms with Gasteiger partial charge in [0.25, 0.3) is 5.91 Å². The van der Waals surface area contributed by atoms with Crippen molar-refractivity contribution in [2.45, 2.75) is 39.0 Å². The van der Waals surface area contributed by atoms with E-state index in [0.717, 1.165) is 36.2 Å². The van der Waals surface area contributed by atoms with E-state index in [4.69, 9.17) is 5.73 Å². The topological polar surface area (TPSA) is 153 Å². The summed E-state index contributed by atoms with van der Waals surface area (Å²) in [5, 5.41) is 27.5. The van der Waals surface area contributed by atoms with E-state index in [1.165, 1.54) is 10.6 Å². The molecule has 2 aliphatic heterocycles. The van der Waals surface area contributed by atoms with Crippen molar-refractivity contribution >= 4 is 17.4 Å². The second kappa shape index (κ2) is 12.4. The van der Waals surface area contributed by atoms with Crippen molar-refractivity contribution < 1.29 is 15.0 Å². The molecule has 3 heterocycles. The highest BCUT2D eigenvalue weighted by Gasteiger charge is 2.23. The number of rotatable bonds is 8. The molecule has 4 aromatic rings. The first-order valence-corrected chi connectivity index (χ1v) is 15.2. The molecule has 0 unspecified atom stereocenters. The van der Waals surface area contributed by atoms with Gasteiger partial charge in [-0.2, -0.15) is 5.10 Å². The number of allylic oxidation sites excluding steroid dienone is 1. The number of aryl methyl sites for hydroxylation is 1. The van der Waals surface area contributed by atoms with Crippen LogP contribution >= 0.6 is 0 Å². The van der Waals surface area contributed by atoms with E-state index in [1.54, 1.807) is 6.07 Å². The van der Waals surface area contributed by atoms with Gasteiger partial charge in [-0.1, -0.05) is 32.1 Å². The highest BCUT2D eigenvalue weighted by molar-refractivity contribution is 5.94. The number of piperazine rings is 1. The molecule has 0 atom stereocenters. The smallest absolute Gasteiger partial charge is 0.348 e. The molecule has 5 N–H and O–H groups in total. The average Bonchev–Trinajstić information content (AvgIpc) is 3.64. The van der Waals surface area contributed by atoms with E-state index in [9.17, 15) is 19.8 Å². The fraction of sp³-hybridized carbons (Fsp3) is 0.294. The van der Waals surface area contributed by atoms with Gasteiger partial charge in [-0.25, -0.2) is 19.5 Å².